The maximum Gasteiger partial charge on any atom is 0.297 e. The Balaban J connectivity index is 2.93. The van der Waals surface area contributed by atoms with Crippen LogP contribution in [-0.2, 0) is 14.3 Å². The van der Waals surface area contributed by atoms with Gasteiger partial charge < -0.3 is 0 Å². The van der Waals surface area contributed by atoms with Crippen molar-refractivity contribution in [2.24, 2.45) is 0 Å². The van der Waals surface area contributed by atoms with E-state index in [1.54, 1.807) is 0 Å². The molecule has 0 heterocycles. The highest BCUT2D eigenvalue weighted by molar-refractivity contribution is 7.86. The first-order valence-electron chi connectivity index (χ1n) is 3.69. The third-order valence-corrected chi connectivity index (χ3v) is 2.59. The largest absolute Gasteiger partial charge is 0.297 e. The van der Waals surface area contributed by atoms with Crippen LogP contribution in [0.1, 0.15) is 0 Å². The third kappa shape index (κ3) is 2.65. The SMILES string of the molecule is C=C[CH]OS(=O)(=O)c1ccc(F)cc1. The molecule has 1 aromatic carbocycles. The van der Waals surface area contributed by atoms with E-state index >= 15 is 0 Å². The van der Waals surface area contributed by atoms with Gasteiger partial charge in [0.25, 0.3) is 10.1 Å². The Morgan fingerprint density at radius 3 is 2.36 bits per heavy atom. The van der Waals surface area contributed by atoms with Crippen molar-refractivity contribution in [3.05, 3.63) is 49.3 Å². The predicted octanol–water partition coefficient (Wildman–Crippen LogP) is 1.88. The molecule has 0 fully saturated rings. The summed E-state index contributed by atoms with van der Waals surface area (Å²) in [5.74, 6) is -0.503. The summed E-state index contributed by atoms with van der Waals surface area (Å²) in [6, 6.07) is 4.34. The van der Waals surface area contributed by atoms with Crippen LogP contribution in [0.15, 0.2) is 41.8 Å². The highest BCUT2D eigenvalue weighted by atomic mass is 32.2. The van der Waals surface area contributed by atoms with Crippen molar-refractivity contribution < 1.29 is 17.0 Å². The van der Waals surface area contributed by atoms with Gasteiger partial charge in [0.1, 0.15) is 12.4 Å². The van der Waals surface area contributed by atoms with E-state index in [1.807, 2.05) is 0 Å². The molecule has 3 nitrogen and oxygen atoms in total. The molecule has 14 heavy (non-hydrogen) atoms. The maximum atomic E-state index is 12.5. The lowest BCUT2D eigenvalue weighted by atomic mass is 10.4. The molecule has 0 saturated carbocycles. The van der Waals surface area contributed by atoms with Crippen LogP contribution < -0.4 is 0 Å². The van der Waals surface area contributed by atoms with E-state index < -0.39 is 15.9 Å². The van der Waals surface area contributed by atoms with Crippen LogP contribution in [0.3, 0.4) is 0 Å². The lowest BCUT2D eigenvalue weighted by molar-refractivity contribution is 0.412. The zero-order chi connectivity index (χ0) is 10.6. The monoisotopic (exact) mass is 215 g/mol. The predicted molar refractivity (Wildman–Crippen MR) is 49.2 cm³/mol. The molecule has 0 bridgehead atoms. The van der Waals surface area contributed by atoms with Crippen LogP contribution in [0.5, 0.6) is 0 Å². The molecule has 0 aromatic heterocycles. The van der Waals surface area contributed by atoms with E-state index in [0.717, 1.165) is 30.9 Å². The molecule has 0 amide bonds. The number of halogens is 1. The molecule has 1 aromatic rings. The van der Waals surface area contributed by atoms with Gasteiger partial charge >= 0.3 is 0 Å². The lowest BCUT2D eigenvalue weighted by Crippen LogP contribution is -2.03. The molecule has 5 heteroatoms. The van der Waals surface area contributed by atoms with E-state index in [4.69, 9.17) is 0 Å². The molecule has 0 aliphatic heterocycles. The minimum absolute atomic E-state index is 0.1000. The van der Waals surface area contributed by atoms with Crippen molar-refractivity contribution in [1.82, 2.24) is 0 Å². The summed E-state index contributed by atoms with van der Waals surface area (Å²) < 4.78 is 39.4. The number of benzene rings is 1. The average Bonchev–Trinajstić information content (AvgIpc) is 2.16. The van der Waals surface area contributed by atoms with Crippen LogP contribution in [0.4, 0.5) is 4.39 Å². The molecular formula is C9H8FO3S. The van der Waals surface area contributed by atoms with Gasteiger partial charge in [0, 0.05) is 0 Å². The van der Waals surface area contributed by atoms with E-state index in [9.17, 15) is 12.8 Å². The third-order valence-electron chi connectivity index (χ3n) is 1.38. The topological polar surface area (TPSA) is 43.4 Å². The Hall–Kier alpha value is -1.20. The second kappa shape index (κ2) is 4.34. The minimum atomic E-state index is -3.83. The molecule has 0 N–H and O–H groups in total. The first-order chi connectivity index (χ1) is 6.56. The van der Waals surface area contributed by atoms with E-state index in [1.165, 1.54) is 6.08 Å². The van der Waals surface area contributed by atoms with Crippen LogP contribution in [0.25, 0.3) is 0 Å². The van der Waals surface area contributed by atoms with E-state index in [0.29, 0.717) is 0 Å². The zero-order valence-corrected chi connectivity index (χ0v) is 8.00. The van der Waals surface area contributed by atoms with Gasteiger partial charge in [-0.25, -0.2) is 4.39 Å². The Kier molecular flexibility index (Phi) is 3.38. The van der Waals surface area contributed by atoms with Crippen LogP contribution in [-0.4, -0.2) is 8.42 Å². The number of rotatable bonds is 4. The summed E-state index contributed by atoms with van der Waals surface area (Å²) >= 11 is 0. The molecule has 0 spiro atoms. The van der Waals surface area contributed by atoms with Crippen molar-refractivity contribution in [2.75, 3.05) is 0 Å². The molecule has 75 valence electrons. The fourth-order valence-corrected chi connectivity index (χ4v) is 1.57. The quantitative estimate of drug-likeness (QED) is 0.720. The van der Waals surface area contributed by atoms with Crippen molar-refractivity contribution in [3.8, 4) is 0 Å². The van der Waals surface area contributed by atoms with Crippen LogP contribution in [0.2, 0.25) is 0 Å². The van der Waals surface area contributed by atoms with E-state index in [2.05, 4.69) is 10.8 Å². The molecule has 1 radical (unpaired) electrons. The summed E-state index contributed by atoms with van der Waals surface area (Å²) in [6.45, 7) is 4.21. The maximum absolute atomic E-state index is 12.5. The number of hydrogen-bond donors (Lipinski definition) is 0. The van der Waals surface area contributed by atoms with Crippen LogP contribution >= 0.6 is 0 Å². The molecule has 0 saturated heterocycles. The second-order valence-corrected chi connectivity index (χ2v) is 3.95. The summed E-state index contributed by atoms with van der Waals surface area (Å²) in [4.78, 5) is -0.1000. The summed E-state index contributed by atoms with van der Waals surface area (Å²) in [5.41, 5.74) is 0. The Labute approximate surface area is 82.0 Å². The van der Waals surface area contributed by atoms with Crippen LogP contribution in [0, 0.1) is 12.4 Å². The average molecular weight is 215 g/mol. The molecule has 0 aliphatic rings. The highest BCUT2D eigenvalue weighted by Crippen LogP contribution is 2.13. The Morgan fingerprint density at radius 1 is 1.29 bits per heavy atom. The van der Waals surface area contributed by atoms with Gasteiger partial charge in [0.15, 0.2) is 0 Å². The minimum Gasteiger partial charge on any atom is -0.256 e. The normalized spacial score (nSPS) is 11.2. The van der Waals surface area contributed by atoms with Crippen molar-refractivity contribution in [1.29, 1.82) is 0 Å². The first kappa shape index (κ1) is 10.9. The van der Waals surface area contributed by atoms with Gasteiger partial charge in [0.05, 0.1) is 4.90 Å². The molecular weight excluding hydrogens is 207 g/mol. The van der Waals surface area contributed by atoms with Crippen molar-refractivity contribution >= 4 is 10.1 Å². The van der Waals surface area contributed by atoms with Gasteiger partial charge in [-0.1, -0.05) is 6.08 Å². The Bertz CT molecular complexity index is 408. The van der Waals surface area contributed by atoms with Gasteiger partial charge in [0.2, 0.25) is 0 Å². The van der Waals surface area contributed by atoms with Gasteiger partial charge in [-0.15, -0.1) is 6.58 Å². The summed E-state index contributed by atoms with van der Waals surface area (Å²) in [5, 5.41) is 0. The highest BCUT2D eigenvalue weighted by Gasteiger charge is 2.13. The second-order valence-electron chi connectivity index (χ2n) is 2.38. The lowest BCUT2D eigenvalue weighted by Gasteiger charge is -2.01. The molecule has 0 atom stereocenters. The zero-order valence-electron chi connectivity index (χ0n) is 7.18. The summed E-state index contributed by atoms with van der Waals surface area (Å²) in [6.07, 6.45) is 1.20. The van der Waals surface area contributed by atoms with Gasteiger partial charge in [-0.3, -0.25) is 4.18 Å². The fraction of sp³-hybridized carbons (Fsp3) is 0. The van der Waals surface area contributed by atoms with Gasteiger partial charge in [-0.05, 0) is 24.3 Å². The van der Waals surface area contributed by atoms with Gasteiger partial charge in [-0.2, -0.15) is 8.42 Å². The molecule has 1 rings (SSSR count). The standard InChI is InChI=1S/C9H8FO3S/c1-2-7-13-14(11,12)9-5-3-8(10)4-6-9/h2-7H,1H2. The first-order valence-corrected chi connectivity index (χ1v) is 5.10. The van der Waals surface area contributed by atoms with Crippen molar-refractivity contribution in [3.63, 3.8) is 0 Å². The van der Waals surface area contributed by atoms with E-state index in [-0.39, 0.29) is 4.90 Å². The van der Waals surface area contributed by atoms with Crippen molar-refractivity contribution in [2.45, 2.75) is 4.90 Å². The Morgan fingerprint density at radius 2 is 1.86 bits per heavy atom. The summed E-state index contributed by atoms with van der Waals surface area (Å²) in [7, 11) is -3.83. The smallest absolute Gasteiger partial charge is 0.256 e. The molecule has 0 aliphatic carbocycles. The molecule has 0 unspecified atom stereocenters. The fourth-order valence-electron chi connectivity index (χ4n) is 0.769. The number of hydrogen-bond acceptors (Lipinski definition) is 3.